The second-order valence-corrected chi connectivity index (χ2v) is 6.77. The zero-order valence-corrected chi connectivity index (χ0v) is 11.9. The fraction of sp³-hybridized carbons (Fsp3) is 0.929. The molecule has 0 spiro atoms. The Hall–Kier alpha value is -0.650. The van der Waals surface area contributed by atoms with E-state index < -0.39 is 5.54 Å². The lowest BCUT2D eigenvalue weighted by atomic mass is 9.48. The minimum Gasteiger partial charge on any atom is -0.377 e. The van der Waals surface area contributed by atoms with Crippen molar-refractivity contribution in [2.75, 3.05) is 19.7 Å². The smallest absolute Gasteiger partial charge is 0.255 e. The third-order valence-electron chi connectivity index (χ3n) is 5.45. The van der Waals surface area contributed by atoms with Gasteiger partial charge in [-0.3, -0.25) is 10.2 Å². The molecular weight excluding hydrogens is 242 g/mol. The van der Waals surface area contributed by atoms with E-state index in [1.807, 2.05) is 5.01 Å². The van der Waals surface area contributed by atoms with E-state index >= 15 is 0 Å². The average Bonchev–Trinajstić information content (AvgIpc) is 2.87. The number of nitrogens with two attached hydrogens (primary N) is 1. The quantitative estimate of drug-likeness (QED) is 0.771. The summed E-state index contributed by atoms with van der Waals surface area (Å²) in [6.07, 6.45) is 4.60. The number of amides is 1. The number of hydrogen-bond donors (Lipinski definition) is 2. The molecule has 1 amide bonds. The van der Waals surface area contributed by atoms with E-state index in [0.29, 0.717) is 0 Å². The molecule has 19 heavy (non-hydrogen) atoms. The number of nitrogens with one attached hydrogen (secondary N) is 1. The summed E-state index contributed by atoms with van der Waals surface area (Å²) in [5.41, 5.74) is 8.48. The highest BCUT2D eigenvalue weighted by atomic mass is 16.5. The number of carbonyl (C=O) groups is 1. The summed E-state index contributed by atoms with van der Waals surface area (Å²) in [7, 11) is 0. The van der Waals surface area contributed by atoms with Crippen LogP contribution in [-0.4, -0.2) is 42.3 Å². The van der Waals surface area contributed by atoms with Gasteiger partial charge in [0.25, 0.3) is 5.91 Å². The van der Waals surface area contributed by atoms with Crippen LogP contribution in [0.1, 0.15) is 39.5 Å². The summed E-state index contributed by atoms with van der Waals surface area (Å²) in [5.74, 6) is 0.151. The van der Waals surface area contributed by atoms with Crippen molar-refractivity contribution in [2.24, 2.45) is 17.1 Å². The van der Waals surface area contributed by atoms with Crippen LogP contribution >= 0.6 is 0 Å². The molecule has 5 heteroatoms. The second kappa shape index (κ2) is 4.43. The minimum absolute atomic E-state index is 0.0221. The molecule has 0 aromatic rings. The summed E-state index contributed by atoms with van der Waals surface area (Å²) in [6, 6.07) is 0. The number of rotatable bonds is 2. The average molecular weight is 267 g/mol. The van der Waals surface area contributed by atoms with Crippen LogP contribution in [0.5, 0.6) is 0 Å². The van der Waals surface area contributed by atoms with E-state index in [1.54, 1.807) is 0 Å². The molecule has 3 aliphatic rings. The molecule has 3 fully saturated rings. The van der Waals surface area contributed by atoms with Crippen LogP contribution in [-0.2, 0) is 9.53 Å². The molecule has 3 atom stereocenters. The molecule has 2 heterocycles. The van der Waals surface area contributed by atoms with Gasteiger partial charge < -0.3 is 10.5 Å². The maximum atomic E-state index is 12.6. The zero-order valence-electron chi connectivity index (χ0n) is 11.9. The molecule has 5 nitrogen and oxygen atoms in total. The molecule has 1 saturated carbocycles. The van der Waals surface area contributed by atoms with Gasteiger partial charge in [0.15, 0.2) is 0 Å². The van der Waals surface area contributed by atoms with Crippen molar-refractivity contribution >= 4 is 5.91 Å². The third-order valence-corrected chi connectivity index (χ3v) is 5.45. The standard InChI is InChI=1S/C14H25N3O2/c1-13(2)11-10(6-9-19-11)14(13,15)12(18)16-17-7-4-3-5-8-17/h10-11H,3-9,15H2,1-2H3,(H,16,18). The van der Waals surface area contributed by atoms with Gasteiger partial charge in [0, 0.05) is 31.0 Å². The van der Waals surface area contributed by atoms with Gasteiger partial charge in [0.1, 0.15) is 5.54 Å². The maximum Gasteiger partial charge on any atom is 0.255 e. The topological polar surface area (TPSA) is 67.6 Å². The van der Waals surface area contributed by atoms with Gasteiger partial charge in [-0.05, 0) is 19.3 Å². The first kappa shape index (κ1) is 13.3. The SMILES string of the molecule is CC1(C)C2OCCC2C1(N)C(=O)NN1CCCCC1. The number of nitrogens with zero attached hydrogens (tertiary/aromatic N) is 1. The van der Waals surface area contributed by atoms with Crippen LogP contribution < -0.4 is 11.2 Å². The van der Waals surface area contributed by atoms with Gasteiger partial charge in [-0.25, -0.2) is 5.01 Å². The van der Waals surface area contributed by atoms with Gasteiger partial charge in [0.2, 0.25) is 0 Å². The first-order chi connectivity index (χ1) is 8.98. The van der Waals surface area contributed by atoms with Crippen LogP contribution in [0.15, 0.2) is 0 Å². The van der Waals surface area contributed by atoms with Crippen LogP contribution in [0.2, 0.25) is 0 Å². The number of carbonyl (C=O) groups excluding carboxylic acids is 1. The van der Waals surface area contributed by atoms with Gasteiger partial charge in [0.05, 0.1) is 6.10 Å². The molecule has 3 N–H and O–H groups in total. The van der Waals surface area contributed by atoms with Gasteiger partial charge in [-0.2, -0.15) is 0 Å². The summed E-state index contributed by atoms with van der Waals surface area (Å²) in [4.78, 5) is 12.6. The molecular formula is C14H25N3O2. The van der Waals surface area contributed by atoms with E-state index in [1.165, 1.54) is 6.42 Å². The lowest BCUT2D eigenvalue weighted by Gasteiger charge is -2.60. The van der Waals surface area contributed by atoms with Crippen molar-refractivity contribution in [1.29, 1.82) is 0 Å². The fourth-order valence-corrected chi connectivity index (χ4v) is 4.09. The van der Waals surface area contributed by atoms with Crippen molar-refractivity contribution in [1.82, 2.24) is 10.4 Å². The van der Waals surface area contributed by atoms with Crippen LogP contribution in [0.4, 0.5) is 0 Å². The molecule has 0 aromatic heterocycles. The molecule has 1 aliphatic carbocycles. The molecule has 0 bridgehead atoms. The van der Waals surface area contributed by atoms with E-state index in [2.05, 4.69) is 19.3 Å². The lowest BCUT2D eigenvalue weighted by Crippen LogP contribution is -2.81. The summed E-state index contributed by atoms with van der Waals surface area (Å²) >= 11 is 0. The number of fused-ring (bicyclic) bond motifs is 1. The van der Waals surface area contributed by atoms with Crippen molar-refractivity contribution in [3.05, 3.63) is 0 Å². The molecule has 2 aliphatic heterocycles. The molecule has 0 radical (unpaired) electrons. The van der Waals surface area contributed by atoms with Crippen LogP contribution in [0.25, 0.3) is 0 Å². The van der Waals surface area contributed by atoms with E-state index in [0.717, 1.165) is 39.0 Å². The normalized spacial score (nSPS) is 41.4. The Balaban J connectivity index is 1.71. The van der Waals surface area contributed by atoms with E-state index in [9.17, 15) is 4.79 Å². The summed E-state index contributed by atoms with van der Waals surface area (Å²) in [5, 5.41) is 2.03. The van der Waals surface area contributed by atoms with Crippen LogP contribution in [0, 0.1) is 11.3 Å². The van der Waals surface area contributed by atoms with Crippen molar-refractivity contribution in [3.63, 3.8) is 0 Å². The monoisotopic (exact) mass is 267 g/mol. The number of hydrazine groups is 1. The van der Waals surface area contributed by atoms with Crippen molar-refractivity contribution in [3.8, 4) is 0 Å². The van der Waals surface area contributed by atoms with Gasteiger partial charge in [-0.15, -0.1) is 0 Å². The zero-order chi connectivity index (χ0) is 13.7. The third kappa shape index (κ3) is 1.75. The number of piperidine rings is 1. The Kier molecular flexibility index (Phi) is 3.11. The van der Waals surface area contributed by atoms with Crippen LogP contribution in [0.3, 0.4) is 0 Å². The Labute approximate surface area is 114 Å². The minimum atomic E-state index is -0.786. The highest BCUT2D eigenvalue weighted by molar-refractivity contribution is 5.89. The Bertz CT molecular complexity index is 379. The van der Waals surface area contributed by atoms with E-state index in [-0.39, 0.29) is 23.3 Å². The predicted octanol–water partition coefficient (Wildman–Crippen LogP) is 0.646. The van der Waals surface area contributed by atoms with E-state index in [4.69, 9.17) is 10.5 Å². The lowest BCUT2D eigenvalue weighted by molar-refractivity contribution is -0.179. The first-order valence-corrected chi connectivity index (χ1v) is 7.44. The van der Waals surface area contributed by atoms with Gasteiger partial charge >= 0.3 is 0 Å². The van der Waals surface area contributed by atoms with Crippen molar-refractivity contribution in [2.45, 2.75) is 51.2 Å². The maximum absolute atomic E-state index is 12.6. The molecule has 3 rings (SSSR count). The highest BCUT2D eigenvalue weighted by Gasteiger charge is 2.71. The number of ether oxygens (including phenoxy) is 1. The Morgan fingerprint density at radius 3 is 2.68 bits per heavy atom. The first-order valence-electron chi connectivity index (χ1n) is 7.44. The van der Waals surface area contributed by atoms with Gasteiger partial charge in [-0.1, -0.05) is 20.3 Å². The molecule has 2 saturated heterocycles. The highest BCUT2D eigenvalue weighted by Crippen LogP contribution is 2.58. The number of hydrogen-bond acceptors (Lipinski definition) is 4. The molecule has 0 aromatic carbocycles. The van der Waals surface area contributed by atoms with Crippen molar-refractivity contribution < 1.29 is 9.53 Å². The largest absolute Gasteiger partial charge is 0.377 e. The Morgan fingerprint density at radius 2 is 2.00 bits per heavy atom. The summed E-state index contributed by atoms with van der Waals surface area (Å²) in [6.45, 7) is 6.71. The molecule has 3 unspecified atom stereocenters. The molecule has 108 valence electrons. The summed E-state index contributed by atoms with van der Waals surface area (Å²) < 4.78 is 5.73. The predicted molar refractivity (Wildman–Crippen MR) is 72.1 cm³/mol. The second-order valence-electron chi connectivity index (χ2n) is 6.77. The fourth-order valence-electron chi connectivity index (χ4n) is 4.09. The Morgan fingerprint density at radius 1 is 1.32 bits per heavy atom.